The summed E-state index contributed by atoms with van der Waals surface area (Å²) in [6.07, 6.45) is 4.85. The van der Waals surface area contributed by atoms with Crippen molar-refractivity contribution in [3.63, 3.8) is 0 Å². The topological polar surface area (TPSA) is 29.3 Å². The Bertz CT molecular complexity index is 718. The second kappa shape index (κ2) is 6.29. The van der Waals surface area contributed by atoms with Crippen molar-refractivity contribution in [2.24, 2.45) is 0 Å². The number of hydrogen-bond donors (Lipinski definition) is 1. The summed E-state index contributed by atoms with van der Waals surface area (Å²) in [7, 11) is 0. The quantitative estimate of drug-likeness (QED) is 0.774. The summed E-state index contributed by atoms with van der Waals surface area (Å²) in [6, 6.07) is 14.4. The molecule has 1 aromatic carbocycles. The van der Waals surface area contributed by atoms with Crippen LogP contribution in [0.4, 0.5) is 0 Å². The number of halogens is 1. The van der Waals surface area contributed by atoms with Crippen LogP contribution in [0.3, 0.4) is 0 Å². The molecule has 0 bridgehead atoms. The molecule has 2 heterocycles. The van der Waals surface area contributed by atoms with E-state index in [4.69, 9.17) is 11.6 Å². The number of rotatable bonds is 5. The molecule has 1 unspecified atom stereocenters. The van der Waals surface area contributed by atoms with Crippen LogP contribution in [0.15, 0.2) is 54.9 Å². The highest BCUT2D eigenvalue weighted by molar-refractivity contribution is 6.30. The van der Waals surface area contributed by atoms with Gasteiger partial charge in [0, 0.05) is 22.8 Å². The summed E-state index contributed by atoms with van der Waals surface area (Å²) in [6.45, 7) is 3.04. The molecule has 0 aliphatic heterocycles. The van der Waals surface area contributed by atoms with Gasteiger partial charge in [-0.3, -0.25) is 0 Å². The minimum atomic E-state index is 0.246. The highest BCUT2D eigenvalue weighted by atomic mass is 35.5. The highest BCUT2D eigenvalue weighted by Gasteiger charge is 2.15. The van der Waals surface area contributed by atoms with Gasteiger partial charge < -0.3 is 5.32 Å². The van der Waals surface area contributed by atoms with Gasteiger partial charge in [0.15, 0.2) is 0 Å². The Hall–Kier alpha value is -1.84. The van der Waals surface area contributed by atoms with Crippen LogP contribution < -0.4 is 5.32 Å². The van der Waals surface area contributed by atoms with Gasteiger partial charge in [-0.1, -0.05) is 36.7 Å². The number of pyridine rings is 1. The molecule has 0 saturated carbocycles. The van der Waals surface area contributed by atoms with Crippen LogP contribution in [0.1, 0.15) is 24.1 Å². The second-order valence-electron chi connectivity index (χ2n) is 5.07. The first kappa shape index (κ1) is 14.1. The third-order valence-corrected chi connectivity index (χ3v) is 3.89. The third-order valence-electron chi connectivity index (χ3n) is 3.64. The van der Waals surface area contributed by atoms with Gasteiger partial charge in [-0.2, -0.15) is 5.10 Å². The molecule has 3 aromatic rings. The molecule has 2 aromatic heterocycles. The first-order valence-corrected chi connectivity index (χ1v) is 7.56. The minimum absolute atomic E-state index is 0.246. The summed E-state index contributed by atoms with van der Waals surface area (Å²) in [5, 5.41) is 8.76. The monoisotopic (exact) mass is 299 g/mol. The molecule has 3 rings (SSSR count). The van der Waals surface area contributed by atoms with E-state index in [-0.39, 0.29) is 6.04 Å². The average Bonchev–Trinajstić information content (AvgIpc) is 2.93. The average molecular weight is 300 g/mol. The molecule has 1 atom stereocenters. The van der Waals surface area contributed by atoms with Crippen molar-refractivity contribution in [2.75, 3.05) is 6.54 Å². The maximum absolute atomic E-state index is 5.96. The molecule has 4 heteroatoms. The lowest BCUT2D eigenvalue weighted by molar-refractivity contribution is 0.553. The van der Waals surface area contributed by atoms with Crippen LogP contribution in [0, 0.1) is 0 Å². The molecule has 108 valence electrons. The van der Waals surface area contributed by atoms with E-state index in [2.05, 4.69) is 35.5 Å². The van der Waals surface area contributed by atoms with Crippen molar-refractivity contribution in [1.82, 2.24) is 14.9 Å². The van der Waals surface area contributed by atoms with Crippen molar-refractivity contribution in [2.45, 2.75) is 19.4 Å². The van der Waals surface area contributed by atoms with Gasteiger partial charge in [0.1, 0.15) is 0 Å². The fourth-order valence-electron chi connectivity index (χ4n) is 2.62. The van der Waals surface area contributed by atoms with Crippen molar-refractivity contribution in [1.29, 1.82) is 0 Å². The van der Waals surface area contributed by atoms with Crippen LogP contribution in [0.2, 0.25) is 5.02 Å². The summed E-state index contributed by atoms with van der Waals surface area (Å²) in [4.78, 5) is 0. The first-order valence-electron chi connectivity index (χ1n) is 7.18. The van der Waals surface area contributed by atoms with E-state index >= 15 is 0 Å². The molecule has 1 N–H and O–H groups in total. The van der Waals surface area contributed by atoms with E-state index in [9.17, 15) is 0 Å². The largest absolute Gasteiger partial charge is 0.310 e. The van der Waals surface area contributed by atoms with E-state index < -0.39 is 0 Å². The van der Waals surface area contributed by atoms with Crippen LogP contribution >= 0.6 is 11.6 Å². The Morgan fingerprint density at radius 2 is 2.00 bits per heavy atom. The Labute approximate surface area is 129 Å². The third kappa shape index (κ3) is 3.09. The zero-order valence-corrected chi connectivity index (χ0v) is 12.7. The van der Waals surface area contributed by atoms with Crippen molar-refractivity contribution in [3.8, 4) is 0 Å². The van der Waals surface area contributed by atoms with Crippen LogP contribution in [-0.2, 0) is 6.42 Å². The van der Waals surface area contributed by atoms with Crippen molar-refractivity contribution < 1.29 is 0 Å². The lowest BCUT2D eigenvalue weighted by atomic mass is 10.00. The van der Waals surface area contributed by atoms with Crippen LogP contribution in [0.5, 0.6) is 0 Å². The molecule has 0 aliphatic rings. The van der Waals surface area contributed by atoms with E-state index in [0.717, 1.165) is 23.5 Å². The van der Waals surface area contributed by atoms with Crippen LogP contribution in [0.25, 0.3) is 5.52 Å². The summed E-state index contributed by atoms with van der Waals surface area (Å²) < 4.78 is 1.92. The summed E-state index contributed by atoms with van der Waals surface area (Å²) in [5.41, 5.74) is 3.64. The van der Waals surface area contributed by atoms with Crippen LogP contribution in [-0.4, -0.2) is 16.2 Å². The molecule has 0 aliphatic carbocycles. The zero-order valence-electron chi connectivity index (χ0n) is 12.0. The molecule has 0 spiro atoms. The molecule has 0 fully saturated rings. The van der Waals surface area contributed by atoms with Gasteiger partial charge in [0.05, 0.1) is 11.7 Å². The number of fused-ring (bicyclic) bond motifs is 1. The Morgan fingerprint density at radius 3 is 2.76 bits per heavy atom. The Kier molecular flexibility index (Phi) is 4.23. The number of nitrogens with zero attached hydrogens (tertiary/aromatic N) is 2. The molecule has 21 heavy (non-hydrogen) atoms. The number of aromatic nitrogens is 2. The smallest absolute Gasteiger partial charge is 0.0709 e. The van der Waals surface area contributed by atoms with Crippen molar-refractivity contribution in [3.05, 3.63) is 71.0 Å². The second-order valence-corrected chi connectivity index (χ2v) is 5.51. The fraction of sp³-hybridized carbons (Fsp3) is 0.235. The van der Waals surface area contributed by atoms with Gasteiger partial charge in [0.25, 0.3) is 0 Å². The standard InChI is InChI=1S/C17H18ClN3/c1-2-19-16(11-13-6-8-14(18)9-7-13)15-12-20-21-10-4-3-5-17(15)21/h3-10,12,16,19H,2,11H2,1H3. The SMILES string of the molecule is CCNC(Cc1ccc(Cl)cc1)c1cnn2ccccc12. The van der Waals surface area contributed by atoms with E-state index in [1.807, 2.05) is 41.2 Å². The molecule has 3 nitrogen and oxygen atoms in total. The van der Waals surface area contributed by atoms with Gasteiger partial charge >= 0.3 is 0 Å². The maximum Gasteiger partial charge on any atom is 0.0709 e. The molecule has 0 radical (unpaired) electrons. The fourth-order valence-corrected chi connectivity index (χ4v) is 2.74. The summed E-state index contributed by atoms with van der Waals surface area (Å²) >= 11 is 5.96. The maximum atomic E-state index is 5.96. The lowest BCUT2D eigenvalue weighted by Gasteiger charge is -2.17. The molecular formula is C17H18ClN3. The minimum Gasteiger partial charge on any atom is -0.310 e. The predicted molar refractivity (Wildman–Crippen MR) is 86.8 cm³/mol. The van der Waals surface area contributed by atoms with Crippen molar-refractivity contribution >= 4 is 17.1 Å². The van der Waals surface area contributed by atoms with E-state index in [1.54, 1.807) is 0 Å². The lowest BCUT2D eigenvalue weighted by Crippen LogP contribution is -2.22. The van der Waals surface area contributed by atoms with Gasteiger partial charge in [-0.15, -0.1) is 0 Å². The molecule has 0 amide bonds. The Balaban J connectivity index is 1.92. The van der Waals surface area contributed by atoms with Gasteiger partial charge in [-0.25, -0.2) is 4.52 Å². The first-order chi connectivity index (χ1) is 10.3. The Morgan fingerprint density at radius 1 is 1.19 bits per heavy atom. The van der Waals surface area contributed by atoms with Gasteiger partial charge in [-0.05, 0) is 42.8 Å². The van der Waals surface area contributed by atoms with E-state index in [1.165, 1.54) is 11.1 Å². The number of nitrogens with one attached hydrogen (secondary N) is 1. The number of hydrogen-bond acceptors (Lipinski definition) is 2. The highest BCUT2D eigenvalue weighted by Crippen LogP contribution is 2.23. The van der Waals surface area contributed by atoms with E-state index in [0.29, 0.717) is 0 Å². The zero-order chi connectivity index (χ0) is 14.7. The summed E-state index contributed by atoms with van der Waals surface area (Å²) in [5.74, 6) is 0. The van der Waals surface area contributed by atoms with Gasteiger partial charge in [0.2, 0.25) is 0 Å². The molecular weight excluding hydrogens is 282 g/mol. The number of benzene rings is 1. The normalized spacial score (nSPS) is 12.7. The predicted octanol–water partition coefficient (Wildman–Crippen LogP) is 3.88. The molecule has 0 saturated heterocycles. The number of likely N-dealkylation sites (N-methyl/N-ethyl adjacent to an activating group) is 1.